The molecule has 0 amide bonds. The van der Waals surface area contributed by atoms with Crippen LogP contribution in [0.2, 0.25) is 0 Å². The Labute approximate surface area is 160 Å². The summed E-state index contributed by atoms with van der Waals surface area (Å²) in [5.41, 5.74) is 3.47. The molecule has 0 atom stereocenters. The summed E-state index contributed by atoms with van der Waals surface area (Å²) >= 11 is 1.19. The van der Waals surface area contributed by atoms with Gasteiger partial charge in [0.2, 0.25) is 0 Å². The summed E-state index contributed by atoms with van der Waals surface area (Å²) < 4.78 is 5.63. The monoisotopic (exact) mass is 376 g/mol. The van der Waals surface area contributed by atoms with Gasteiger partial charge in [-0.15, -0.1) is 0 Å². The van der Waals surface area contributed by atoms with Gasteiger partial charge >= 0.3 is 0 Å². The number of anilines is 2. The molecule has 0 unspecified atom stereocenters. The number of Topliss-reactive ketones (excluding diaryl/α,β-unsaturated/α-hetero) is 1. The van der Waals surface area contributed by atoms with Gasteiger partial charge in [-0.25, -0.2) is 4.98 Å². The molecule has 3 aromatic rings. The number of thioether (sulfide) groups is 1. The summed E-state index contributed by atoms with van der Waals surface area (Å²) in [6.45, 7) is 0. The van der Waals surface area contributed by atoms with Gasteiger partial charge in [0.1, 0.15) is 23.0 Å². The van der Waals surface area contributed by atoms with Crippen molar-refractivity contribution in [2.24, 2.45) is 0 Å². The number of carbonyl (C=O) groups is 1. The predicted octanol–water partition coefficient (Wildman–Crippen LogP) is 3.81. The van der Waals surface area contributed by atoms with Crippen LogP contribution in [0.25, 0.3) is 11.1 Å². The number of allylic oxidation sites excluding steroid dienone is 1. The smallest absolute Gasteiger partial charge is 0.257 e. The normalized spacial score (nSPS) is 13.0. The fourth-order valence-corrected chi connectivity index (χ4v) is 3.88. The minimum atomic E-state index is -0.258. The average Bonchev–Trinajstić information content (AvgIpc) is 3.21. The SMILES string of the molecule is CN1C(=C(C#N)C(=O)CSc2nc3ccccc3o2)N(C)c2ccccc21. The summed E-state index contributed by atoms with van der Waals surface area (Å²) in [6, 6.07) is 17.3. The molecule has 0 spiro atoms. The molecule has 1 aromatic heterocycles. The molecular weight excluding hydrogens is 360 g/mol. The second-order valence-electron chi connectivity index (χ2n) is 6.08. The molecule has 0 bridgehead atoms. The van der Waals surface area contributed by atoms with Crippen molar-refractivity contribution < 1.29 is 9.21 Å². The maximum absolute atomic E-state index is 12.8. The van der Waals surface area contributed by atoms with Gasteiger partial charge in [-0.1, -0.05) is 36.0 Å². The van der Waals surface area contributed by atoms with Crippen LogP contribution in [-0.4, -0.2) is 30.6 Å². The first-order valence-electron chi connectivity index (χ1n) is 8.32. The molecule has 0 radical (unpaired) electrons. The highest BCUT2D eigenvalue weighted by Gasteiger charge is 2.31. The summed E-state index contributed by atoms with van der Waals surface area (Å²) in [5, 5.41) is 10.1. The van der Waals surface area contributed by atoms with E-state index in [2.05, 4.69) is 11.1 Å². The molecule has 0 saturated carbocycles. The summed E-state index contributed by atoms with van der Waals surface area (Å²) in [7, 11) is 3.71. The lowest BCUT2D eigenvalue weighted by Crippen LogP contribution is -2.26. The Morgan fingerprint density at radius 3 is 2.37 bits per heavy atom. The standard InChI is InChI=1S/C20H16N4O2S/c1-23-15-8-4-5-9-16(15)24(2)19(23)13(11-21)17(25)12-27-20-22-14-7-3-6-10-18(14)26-20/h3-10H,12H2,1-2H3. The number of fused-ring (bicyclic) bond motifs is 2. The molecule has 7 heteroatoms. The number of ketones is 1. The number of carbonyl (C=O) groups excluding carboxylic acids is 1. The first kappa shape index (κ1) is 17.2. The lowest BCUT2D eigenvalue weighted by molar-refractivity contribution is -0.112. The van der Waals surface area contributed by atoms with E-state index in [1.54, 1.807) is 0 Å². The number of oxazole rings is 1. The Kier molecular flexibility index (Phi) is 4.34. The Morgan fingerprint density at radius 1 is 1.11 bits per heavy atom. The maximum atomic E-state index is 12.8. The number of rotatable bonds is 4. The Balaban J connectivity index is 1.58. The minimum Gasteiger partial charge on any atom is -0.431 e. The highest BCUT2D eigenvalue weighted by atomic mass is 32.2. The van der Waals surface area contributed by atoms with E-state index in [0.717, 1.165) is 16.9 Å². The highest BCUT2D eigenvalue weighted by Crippen LogP contribution is 2.40. The topological polar surface area (TPSA) is 73.4 Å². The number of nitrogens with zero attached hydrogens (tertiary/aromatic N) is 4. The van der Waals surface area contributed by atoms with E-state index >= 15 is 0 Å². The van der Waals surface area contributed by atoms with Crippen molar-refractivity contribution in [1.82, 2.24) is 4.98 Å². The third-order valence-electron chi connectivity index (χ3n) is 4.46. The second-order valence-corrected chi connectivity index (χ2v) is 7.00. The molecular formula is C20H16N4O2S. The van der Waals surface area contributed by atoms with Crippen molar-refractivity contribution in [1.29, 1.82) is 5.26 Å². The van der Waals surface area contributed by atoms with Gasteiger partial charge in [0.15, 0.2) is 11.4 Å². The summed E-state index contributed by atoms with van der Waals surface area (Å²) in [6.07, 6.45) is 0. The van der Waals surface area contributed by atoms with Crippen molar-refractivity contribution >= 4 is 40.0 Å². The molecule has 2 heterocycles. The molecule has 0 N–H and O–H groups in total. The van der Waals surface area contributed by atoms with Crippen LogP contribution >= 0.6 is 11.8 Å². The van der Waals surface area contributed by atoms with Gasteiger partial charge < -0.3 is 14.2 Å². The fraction of sp³-hybridized carbons (Fsp3) is 0.150. The molecule has 0 fully saturated rings. The zero-order chi connectivity index (χ0) is 19.0. The second kappa shape index (κ2) is 6.82. The first-order chi connectivity index (χ1) is 13.1. The lowest BCUT2D eigenvalue weighted by Gasteiger charge is -2.19. The van der Waals surface area contributed by atoms with E-state index in [9.17, 15) is 10.1 Å². The number of benzene rings is 2. The highest BCUT2D eigenvalue weighted by molar-refractivity contribution is 7.99. The largest absolute Gasteiger partial charge is 0.431 e. The van der Waals surface area contributed by atoms with Crippen molar-refractivity contribution in [2.75, 3.05) is 29.6 Å². The van der Waals surface area contributed by atoms with E-state index in [0.29, 0.717) is 16.6 Å². The van der Waals surface area contributed by atoms with Crippen molar-refractivity contribution in [3.63, 3.8) is 0 Å². The van der Waals surface area contributed by atoms with Gasteiger partial charge in [0, 0.05) is 14.1 Å². The zero-order valence-electron chi connectivity index (χ0n) is 14.8. The van der Waals surface area contributed by atoms with E-state index in [1.165, 1.54) is 11.8 Å². The van der Waals surface area contributed by atoms with E-state index in [4.69, 9.17) is 4.42 Å². The number of hydrogen-bond acceptors (Lipinski definition) is 7. The van der Waals surface area contributed by atoms with Crippen LogP contribution in [0.3, 0.4) is 0 Å². The van der Waals surface area contributed by atoms with Crippen LogP contribution in [0.4, 0.5) is 11.4 Å². The first-order valence-corrected chi connectivity index (χ1v) is 9.31. The third kappa shape index (κ3) is 2.94. The quantitative estimate of drug-likeness (QED) is 0.389. The molecule has 0 aliphatic carbocycles. The van der Waals surface area contributed by atoms with Crippen LogP contribution in [0.15, 0.2) is 69.6 Å². The van der Waals surface area contributed by atoms with E-state index in [-0.39, 0.29) is 17.1 Å². The van der Waals surface area contributed by atoms with Crippen LogP contribution in [-0.2, 0) is 4.79 Å². The van der Waals surface area contributed by atoms with Crippen molar-refractivity contribution in [3.05, 3.63) is 59.9 Å². The molecule has 6 nitrogen and oxygen atoms in total. The number of aromatic nitrogens is 1. The van der Waals surface area contributed by atoms with E-state index < -0.39 is 0 Å². The van der Waals surface area contributed by atoms with Crippen LogP contribution in [0.1, 0.15) is 0 Å². The fourth-order valence-electron chi connectivity index (χ4n) is 3.17. The molecule has 27 heavy (non-hydrogen) atoms. The molecule has 4 rings (SSSR count). The van der Waals surface area contributed by atoms with Gasteiger partial charge in [0.05, 0.1) is 17.1 Å². The molecule has 2 aromatic carbocycles. The Bertz CT molecular complexity index is 1050. The van der Waals surface area contributed by atoms with Crippen molar-refractivity contribution in [3.8, 4) is 6.07 Å². The van der Waals surface area contributed by atoms with Crippen molar-refractivity contribution in [2.45, 2.75) is 5.22 Å². The molecule has 0 saturated heterocycles. The lowest BCUT2D eigenvalue weighted by atomic mass is 10.2. The van der Waals surface area contributed by atoms with E-state index in [1.807, 2.05) is 72.4 Å². The number of hydrogen-bond donors (Lipinski definition) is 0. The van der Waals surface area contributed by atoms with Gasteiger partial charge in [-0.3, -0.25) is 4.79 Å². The molecule has 1 aliphatic heterocycles. The summed E-state index contributed by atoms with van der Waals surface area (Å²) in [5.74, 6) is 0.408. The van der Waals surface area contributed by atoms with Gasteiger partial charge in [-0.2, -0.15) is 5.26 Å². The zero-order valence-corrected chi connectivity index (χ0v) is 15.7. The van der Waals surface area contributed by atoms with Crippen LogP contribution < -0.4 is 9.80 Å². The van der Waals surface area contributed by atoms with Crippen LogP contribution in [0, 0.1) is 11.3 Å². The number of para-hydroxylation sites is 4. The molecule has 1 aliphatic rings. The Hall–Kier alpha value is -3.24. The van der Waals surface area contributed by atoms with Gasteiger partial charge in [0.25, 0.3) is 5.22 Å². The minimum absolute atomic E-state index is 0.0806. The number of nitriles is 1. The third-order valence-corrected chi connectivity index (χ3v) is 5.28. The van der Waals surface area contributed by atoms with Gasteiger partial charge in [-0.05, 0) is 24.3 Å². The summed E-state index contributed by atoms with van der Waals surface area (Å²) in [4.78, 5) is 20.9. The van der Waals surface area contributed by atoms with Crippen LogP contribution in [0.5, 0.6) is 0 Å². The Morgan fingerprint density at radius 2 is 1.74 bits per heavy atom. The maximum Gasteiger partial charge on any atom is 0.257 e. The average molecular weight is 376 g/mol. The molecule has 134 valence electrons. The predicted molar refractivity (Wildman–Crippen MR) is 106 cm³/mol.